The molecule has 1 aliphatic heterocycles. The van der Waals surface area contributed by atoms with Crippen LogP contribution in [0.4, 0.5) is 0 Å². The van der Waals surface area contributed by atoms with Crippen LogP contribution in [-0.4, -0.2) is 33.3 Å². The van der Waals surface area contributed by atoms with Crippen LogP contribution < -0.4 is 10.0 Å². The Labute approximate surface area is 131 Å². The Hall–Kier alpha value is -0.130. The summed E-state index contributed by atoms with van der Waals surface area (Å²) in [5.41, 5.74) is 0.0470. The third-order valence-electron chi connectivity index (χ3n) is 4.38. The van der Waals surface area contributed by atoms with E-state index in [0.29, 0.717) is 12.6 Å². The molecule has 0 amide bonds. The molecule has 1 heterocycles. The van der Waals surface area contributed by atoms with Crippen molar-refractivity contribution in [3.8, 4) is 0 Å². The highest BCUT2D eigenvalue weighted by atomic mass is 32.2. The number of sulfonamides is 1. The van der Waals surface area contributed by atoms with Gasteiger partial charge in [-0.05, 0) is 37.6 Å². The quantitative estimate of drug-likeness (QED) is 0.609. The molecule has 1 atom stereocenters. The lowest BCUT2D eigenvalue weighted by molar-refractivity contribution is 0.320. The van der Waals surface area contributed by atoms with Gasteiger partial charge in [-0.3, -0.25) is 0 Å². The van der Waals surface area contributed by atoms with Crippen molar-refractivity contribution in [3.63, 3.8) is 0 Å². The number of rotatable bonds is 10. The molecule has 2 N–H and O–H groups in total. The summed E-state index contributed by atoms with van der Waals surface area (Å²) in [6.07, 6.45) is 8.96. The van der Waals surface area contributed by atoms with Crippen molar-refractivity contribution in [1.82, 2.24) is 10.0 Å². The van der Waals surface area contributed by atoms with Crippen molar-refractivity contribution >= 4 is 10.0 Å². The monoisotopic (exact) mass is 318 g/mol. The van der Waals surface area contributed by atoms with E-state index < -0.39 is 10.0 Å². The van der Waals surface area contributed by atoms with Gasteiger partial charge >= 0.3 is 0 Å². The van der Waals surface area contributed by atoms with Crippen LogP contribution >= 0.6 is 0 Å². The zero-order valence-corrected chi connectivity index (χ0v) is 14.9. The Morgan fingerprint density at radius 1 is 1.24 bits per heavy atom. The number of unbranched alkanes of at least 4 members (excludes halogenated alkanes) is 2. The molecule has 0 bridgehead atoms. The number of piperidine rings is 1. The molecule has 1 unspecified atom stereocenters. The van der Waals surface area contributed by atoms with E-state index in [-0.39, 0.29) is 11.2 Å². The Kier molecular flexibility index (Phi) is 8.21. The number of hydrogen-bond donors (Lipinski definition) is 2. The molecular formula is C16H34N2O2S. The number of nitrogens with one attached hydrogen (secondary N) is 2. The second kappa shape index (κ2) is 9.11. The molecule has 126 valence electrons. The predicted octanol–water partition coefficient (Wildman–Crippen LogP) is 3.04. The van der Waals surface area contributed by atoms with E-state index in [1.54, 1.807) is 0 Å². The van der Waals surface area contributed by atoms with E-state index in [9.17, 15) is 8.42 Å². The molecule has 0 radical (unpaired) electrons. The van der Waals surface area contributed by atoms with E-state index in [1.807, 2.05) is 0 Å². The molecule has 1 saturated heterocycles. The lowest BCUT2D eigenvalue weighted by Crippen LogP contribution is -2.39. The fourth-order valence-corrected chi connectivity index (χ4v) is 4.14. The van der Waals surface area contributed by atoms with Gasteiger partial charge in [0.2, 0.25) is 10.0 Å². The minimum Gasteiger partial charge on any atom is -0.314 e. The summed E-state index contributed by atoms with van der Waals surface area (Å²) >= 11 is 0. The van der Waals surface area contributed by atoms with Gasteiger partial charge in [-0.25, -0.2) is 13.1 Å². The molecule has 0 aromatic heterocycles. The van der Waals surface area contributed by atoms with E-state index in [4.69, 9.17) is 0 Å². The average molecular weight is 319 g/mol. The largest absolute Gasteiger partial charge is 0.314 e. The van der Waals surface area contributed by atoms with Gasteiger partial charge in [-0.15, -0.1) is 0 Å². The fraction of sp³-hybridized carbons (Fsp3) is 1.00. The third kappa shape index (κ3) is 8.79. The summed E-state index contributed by atoms with van der Waals surface area (Å²) in [6.45, 7) is 8.07. The van der Waals surface area contributed by atoms with Gasteiger partial charge in [0.1, 0.15) is 0 Å². The van der Waals surface area contributed by atoms with Crippen LogP contribution in [0.1, 0.15) is 72.1 Å². The normalized spacial score (nSPS) is 20.6. The summed E-state index contributed by atoms with van der Waals surface area (Å²) in [5.74, 6) is 0.246. The minimum atomic E-state index is -3.13. The van der Waals surface area contributed by atoms with Crippen molar-refractivity contribution in [2.75, 3.05) is 18.8 Å². The molecule has 1 rings (SSSR count). The van der Waals surface area contributed by atoms with Gasteiger partial charge in [-0.1, -0.05) is 46.5 Å². The molecule has 21 heavy (non-hydrogen) atoms. The van der Waals surface area contributed by atoms with Crippen LogP contribution in [0.25, 0.3) is 0 Å². The SMILES string of the molecule is CCCCCC(C)(C)CNS(=O)(=O)CCC1CCCCN1. The molecule has 1 fully saturated rings. The van der Waals surface area contributed by atoms with Crippen molar-refractivity contribution < 1.29 is 8.42 Å². The Balaban J connectivity index is 2.27. The standard InChI is InChI=1S/C16H34N2O2S/c1-4-5-7-11-16(2,3)14-18-21(19,20)13-10-15-9-6-8-12-17-15/h15,17-18H,4-14H2,1-3H3. The van der Waals surface area contributed by atoms with Crippen molar-refractivity contribution in [2.45, 2.75) is 78.2 Å². The average Bonchev–Trinajstić information content (AvgIpc) is 2.45. The summed E-state index contributed by atoms with van der Waals surface area (Å²) in [6, 6.07) is 0.382. The highest BCUT2D eigenvalue weighted by molar-refractivity contribution is 7.89. The maximum atomic E-state index is 12.1. The predicted molar refractivity (Wildman–Crippen MR) is 90.0 cm³/mol. The van der Waals surface area contributed by atoms with Gasteiger partial charge in [0.15, 0.2) is 0 Å². The Bertz CT molecular complexity index is 374. The smallest absolute Gasteiger partial charge is 0.211 e. The summed E-state index contributed by atoms with van der Waals surface area (Å²) < 4.78 is 27.0. The second-order valence-electron chi connectivity index (χ2n) is 7.20. The molecular weight excluding hydrogens is 284 g/mol. The van der Waals surface area contributed by atoms with Crippen LogP contribution in [0.5, 0.6) is 0 Å². The molecule has 5 heteroatoms. The molecule has 0 aliphatic carbocycles. The highest BCUT2D eigenvalue weighted by Crippen LogP contribution is 2.23. The zero-order valence-electron chi connectivity index (χ0n) is 14.1. The molecule has 4 nitrogen and oxygen atoms in total. The molecule has 0 saturated carbocycles. The summed E-state index contributed by atoms with van der Waals surface area (Å²) in [7, 11) is -3.13. The first-order valence-electron chi connectivity index (χ1n) is 8.55. The summed E-state index contributed by atoms with van der Waals surface area (Å²) in [5, 5.41) is 3.41. The lowest BCUT2D eigenvalue weighted by Gasteiger charge is -2.26. The molecule has 1 aliphatic rings. The van der Waals surface area contributed by atoms with Crippen LogP contribution in [0.3, 0.4) is 0 Å². The highest BCUT2D eigenvalue weighted by Gasteiger charge is 2.22. The van der Waals surface area contributed by atoms with Gasteiger partial charge in [0, 0.05) is 12.6 Å². The van der Waals surface area contributed by atoms with Gasteiger partial charge in [-0.2, -0.15) is 0 Å². The van der Waals surface area contributed by atoms with Crippen LogP contribution in [0, 0.1) is 5.41 Å². The van der Waals surface area contributed by atoms with Crippen molar-refractivity contribution in [1.29, 1.82) is 0 Å². The number of hydrogen-bond acceptors (Lipinski definition) is 3. The zero-order chi connectivity index (χ0) is 15.8. The van der Waals surface area contributed by atoms with E-state index in [1.165, 1.54) is 32.1 Å². The van der Waals surface area contributed by atoms with Gasteiger partial charge < -0.3 is 5.32 Å². The van der Waals surface area contributed by atoms with E-state index >= 15 is 0 Å². The van der Waals surface area contributed by atoms with E-state index in [2.05, 4.69) is 30.8 Å². The fourth-order valence-electron chi connectivity index (χ4n) is 2.79. The second-order valence-corrected chi connectivity index (χ2v) is 9.12. The minimum absolute atomic E-state index is 0.0470. The maximum Gasteiger partial charge on any atom is 0.211 e. The van der Waals surface area contributed by atoms with Crippen LogP contribution in [0.15, 0.2) is 0 Å². The molecule has 0 aromatic rings. The first-order valence-corrected chi connectivity index (χ1v) is 10.2. The van der Waals surface area contributed by atoms with Gasteiger partial charge in [0.05, 0.1) is 5.75 Å². The maximum absolute atomic E-state index is 12.1. The molecule has 0 aromatic carbocycles. The van der Waals surface area contributed by atoms with Gasteiger partial charge in [0.25, 0.3) is 0 Å². The first kappa shape index (κ1) is 18.9. The van der Waals surface area contributed by atoms with Crippen LogP contribution in [0.2, 0.25) is 0 Å². The summed E-state index contributed by atoms with van der Waals surface area (Å²) in [4.78, 5) is 0. The third-order valence-corrected chi connectivity index (χ3v) is 5.73. The Morgan fingerprint density at radius 3 is 2.62 bits per heavy atom. The van der Waals surface area contributed by atoms with Crippen LogP contribution in [-0.2, 0) is 10.0 Å². The van der Waals surface area contributed by atoms with E-state index in [0.717, 1.165) is 25.8 Å². The van der Waals surface area contributed by atoms with Crippen molar-refractivity contribution in [3.05, 3.63) is 0 Å². The molecule has 0 spiro atoms. The van der Waals surface area contributed by atoms with Crippen molar-refractivity contribution in [2.24, 2.45) is 5.41 Å². The lowest BCUT2D eigenvalue weighted by atomic mass is 9.87. The Morgan fingerprint density at radius 2 is 2.00 bits per heavy atom. The topological polar surface area (TPSA) is 58.2 Å². The first-order chi connectivity index (χ1) is 9.85.